The molecule has 1 aliphatic carbocycles. The lowest BCUT2D eigenvalue weighted by molar-refractivity contribution is 0.156. The van der Waals surface area contributed by atoms with Gasteiger partial charge in [0.2, 0.25) is 0 Å². The van der Waals surface area contributed by atoms with Crippen molar-refractivity contribution in [3.8, 4) is 0 Å². The van der Waals surface area contributed by atoms with Crippen LogP contribution < -0.4 is 5.32 Å². The van der Waals surface area contributed by atoms with E-state index in [9.17, 15) is 0 Å². The van der Waals surface area contributed by atoms with Gasteiger partial charge in [-0.3, -0.25) is 4.99 Å². The molecule has 1 spiro atoms. The van der Waals surface area contributed by atoms with Gasteiger partial charge in [0.05, 0.1) is 6.61 Å². The molecule has 0 aromatic heterocycles. The van der Waals surface area contributed by atoms with E-state index < -0.39 is 0 Å². The van der Waals surface area contributed by atoms with Crippen LogP contribution in [0.1, 0.15) is 56.1 Å². The molecule has 3 fully saturated rings. The Labute approximate surface area is 151 Å². The van der Waals surface area contributed by atoms with Crippen LogP contribution in [0.5, 0.6) is 0 Å². The third-order valence-electron chi connectivity index (χ3n) is 6.27. The zero-order valence-corrected chi connectivity index (χ0v) is 15.8. The first-order chi connectivity index (χ1) is 12.1. The molecular formula is C21H31N3O. The van der Waals surface area contributed by atoms with Crippen LogP contribution in [0.4, 0.5) is 0 Å². The second kappa shape index (κ2) is 6.64. The molecule has 3 unspecified atom stereocenters. The molecule has 2 saturated heterocycles. The second-order valence-corrected chi connectivity index (χ2v) is 8.44. The number of rotatable bonds is 3. The fraction of sp³-hybridized carbons (Fsp3) is 0.667. The second-order valence-electron chi connectivity index (χ2n) is 8.44. The standard InChI is InChI=1S/C21H31N3O/c1-15(2)16-4-6-17(7-5-16)18-12-19(18)23-20(22-3)24-10-8-21(13-24)9-11-25-14-21/h4-7,15,18-19H,8-14H2,1-3H3,(H,22,23). The van der Waals surface area contributed by atoms with Crippen LogP contribution in [0.25, 0.3) is 0 Å². The number of aliphatic imine (C=N–C) groups is 1. The zero-order chi connectivity index (χ0) is 17.4. The van der Waals surface area contributed by atoms with Gasteiger partial charge in [0.25, 0.3) is 0 Å². The predicted octanol–water partition coefficient (Wildman–Crippen LogP) is 3.35. The average molecular weight is 341 g/mol. The summed E-state index contributed by atoms with van der Waals surface area (Å²) in [6.07, 6.45) is 3.65. The summed E-state index contributed by atoms with van der Waals surface area (Å²) in [5, 5.41) is 3.71. The Balaban J connectivity index is 1.34. The molecule has 2 heterocycles. The zero-order valence-electron chi connectivity index (χ0n) is 15.8. The molecule has 1 aromatic rings. The Kier molecular flexibility index (Phi) is 4.48. The van der Waals surface area contributed by atoms with E-state index in [0.29, 0.717) is 23.3 Å². The Morgan fingerprint density at radius 2 is 2.08 bits per heavy atom. The monoisotopic (exact) mass is 341 g/mol. The van der Waals surface area contributed by atoms with Crippen LogP contribution in [0.15, 0.2) is 29.3 Å². The molecule has 1 saturated carbocycles. The summed E-state index contributed by atoms with van der Waals surface area (Å²) in [6, 6.07) is 9.72. The molecular weight excluding hydrogens is 310 g/mol. The first kappa shape index (κ1) is 16.9. The van der Waals surface area contributed by atoms with Crippen molar-refractivity contribution >= 4 is 5.96 Å². The largest absolute Gasteiger partial charge is 0.381 e. The number of guanidine groups is 1. The van der Waals surface area contributed by atoms with Crippen LogP contribution >= 0.6 is 0 Å². The Hall–Kier alpha value is -1.55. The molecule has 0 amide bonds. The first-order valence-electron chi connectivity index (χ1n) is 9.76. The van der Waals surface area contributed by atoms with Crippen molar-refractivity contribution in [2.75, 3.05) is 33.4 Å². The summed E-state index contributed by atoms with van der Waals surface area (Å²) in [6.45, 7) is 8.54. The summed E-state index contributed by atoms with van der Waals surface area (Å²) in [5.74, 6) is 2.31. The van der Waals surface area contributed by atoms with Gasteiger partial charge in [0.1, 0.15) is 0 Å². The van der Waals surface area contributed by atoms with Crippen LogP contribution in [-0.4, -0.2) is 50.3 Å². The highest BCUT2D eigenvalue weighted by atomic mass is 16.5. The molecule has 0 radical (unpaired) electrons. The molecule has 4 rings (SSSR count). The van der Waals surface area contributed by atoms with E-state index in [1.165, 1.54) is 30.4 Å². The van der Waals surface area contributed by atoms with Crippen molar-refractivity contribution in [1.82, 2.24) is 10.2 Å². The Morgan fingerprint density at radius 3 is 2.72 bits per heavy atom. The smallest absolute Gasteiger partial charge is 0.193 e. The predicted molar refractivity (Wildman–Crippen MR) is 102 cm³/mol. The highest BCUT2D eigenvalue weighted by Gasteiger charge is 2.44. The van der Waals surface area contributed by atoms with Crippen molar-refractivity contribution in [2.45, 2.75) is 51.0 Å². The number of hydrogen-bond donors (Lipinski definition) is 1. The summed E-state index contributed by atoms with van der Waals surface area (Å²) in [7, 11) is 1.91. The van der Waals surface area contributed by atoms with E-state index in [0.717, 1.165) is 32.3 Å². The van der Waals surface area contributed by atoms with Crippen LogP contribution in [0, 0.1) is 5.41 Å². The topological polar surface area (TPSA) is 36.9 Å². The van der Waals surface area contributed by atoms with Gasteiger partial charge in [-0.05, 0) is 36.3 Å². The maximum Gasteiger partial charge on any atom is 0.193 e. The van der Waals surface area contributed by atoms with E-state index in [1.807, 2.05) is 7.05 Å². The molecule has 3 aliphatic rings. The van der Waals surface area contributed by atoms with E-state index in [2.05, 4.69) is 53.3 Å². The average Bonchev–Trinajstić information content (AvgIpc) is 3.04. The van der Waals surface area contributed by atoms with E-state index in [1.54, 1.807) is 0 Å². The van der Waals surface area contributed by atoms with E-state index in [-0.39, 0.29) is 0 Å². The SMILES string of the molecule is CN=C(NC1CC1c1ccc(C(C)C)cc1)N1CCC2(CCOC2)C1. The molecule has 2 aliphatic heterocycles. The molecule has 4 nitrogen and oxygen atoms in total. The highest BCUT2D eigenvalue weighted by molar-refractivity contribution is 5.81. The number of nitrogens with one attached hydrogen (secondary N) is 1. The molecule has 3 atom stereocenters. The lowest BCUT2D eigenvalue weighted by Gasteiger charge is -2.25. The van der Waals surface area contributed by atoms with Gasteiger partial charge < -0.3 is 15.0 Å². The van der Waals surface area contributed by atoms with Crippen LogP contribution in [-0.2, 0) is 4.74 Å². The lowest BCUT2D eigenvalue weighted by atomic mass is 9.87. The lowest BCUT2D eigenvalue weighted by Crippen LogP contribution is -2.42. The van der Waals surface area contributed by atoms with E-state index >= 15 is 0 Å². The third-order valence-corrected chi connectivity index (χ3v) is 6.27. The minimum atomic E-state index is 0.382. The third kappa shape index (κ3) is 3.41. The molecule has 0 bridgehead atoms. The van der Waals surface area contributed by atoms with Crippen molar-refractivity contribution < 1.29 is 4.74 Å². The minimum Gasteiger partial charge on any atom is -0.381 e. The van der Waals surface area contributed by atoms with Gasteiger partial charge in [-0.1, -0.05) is 38.1 Å². The van der Waals surface area contributed by atoms with Gasteiger partial charge in [0, 0.05) is 44.1 Å². The maximum atomic E-state index is 5.65. The maximum absolute atomic E-state index is 5.65. The number of likely N-dealkylation sites (tertiary alicyclic amines) is 1. The molecule has 25 heavy (non-hydrogen) atoms. The summed E-state index contributed by atoms with van der Waals surface area (Å²) >= 11 is 0. The Morgan fingerprint density at radius 1 is 1.28 bits per heavy atom. The van der Waals surface area contributed by atoms with Gasteiger partial charge in [-0.25, -0.2) is 0 Å². The number of benzene rings is 1. The van der Waals surface area contributed by atoms with Crippen molar-refractivity contribution in [3.05, 3.63) is 35.4 Å². The highest BCUT2D eigenvalue weighted by Crippen LogP contribution is 2.42. The van der Waals surface area contributed by atoms with E-state index in [4.69, 9.17) is 4.74 Å². The summed E-state index contributed by atoms with van der Waals surface area (Å²) in [4.78, 5) is 7.00. The fourth-order valence-electron chi connectivity index (χ4n) is 4.40. The number of hydrogen-bond acceptors (Lipinski definition) is 2. The Bertz CT molecular complexity index is 631. The summed E-state index contributed by atoms with van der Waals surface area (Å²) < 4.78 is 5.65. The van der Waals surface area contributed by atoms with Crippen LogP contribution in [0.2, 0.25) is 0 Å². The minimum absolute atomic E-state index is 0.382. The summed E-state index contributed by atoms with van der Waals surface area (Å²) in [5.41, 5.74) is 3.26. The van der Waals surface area contributed by atoms with Crippen molar-refractivity contribution in [1.29, 1.82) is 0 Å². The van der Waals surface area contributed by atoms with Gasteiger partial charge in [0.15, 0.2) is 5.96 Å². The van der Waals surface area contributed by atoms with Crippen molar-refractivity contribution in [3.63, 3.8) is 0 Å². The van der Waals surface area contributed by atoms with Crippen molar-refractivity contribution in [2.24, 2.45) is 10.4 Å². The van der Waals surface area contributed by atoms with Gasteiger partial charge >= 0.3 is 0 Å². The number of nitrogens with zero attached hydrogens (tertiary/aromatic N) is 2. The molecule has 1 N–H and O–H groups in total. The van der Waals surface area contributed by atoms with Gasteiger partial charge in [-0.2, -0.15) is 0 Å². The normalized spacial score (nSPS) is 32.0. The van der Waals surface area contributed by atoms with Gasteiger partial charge in [-0.15, -0.1) is 0 Å². The van der Waals surface area contributed by atoms with Crippen LogP contribution in [0.3, 0.4) is 0 Å². The molecule has 136 valence electrons. The molecule has 4 heteroatoms. The fourth-order valence-corrected chi connectivity index (χ4v) is 4.40. The number of ether oxygens (including phenoxy) is 1. The molecule has 1 aromatic carbocycles. The first-order valence-corrected chi connectivity index (χ1v) is 9.76. The quantitative estimate of drug-likeness (QED) is 0.677.